The van der Waals surface area contributed by atoms with Gasteiger partial charge in [0.15, 0.2) is 0 Å². The summed E-state index contributed by atoms with van der Waals surface area (Å²) < 4.78 is 11.8. The molecule has 1 aliphatic rings. The van der Waals surface area contributed by atoms with E-state index in [0.29, 0.717) is 41.5 Å². The van der Waals surface area contributed by atoms with Crippen molar-refractivity contribution < 1.29 is 24.2 Å². The highest BCUT2D eigenvalue weighted by atomic mass is 16.5. The smallest absolute Gasteiger partial charge is 0.307 e. The van der Waals surface area contributed by atoms with Crippen LogP contribution in [0.25, 0.3) is 10.8 Å². The molecule has 0 aliphatic carbocycles. The van der Waals surface area contributed by atoms with Crippen LogP contribution in [-0.2, 0) is 17.8 Å². The minimum atomic E-state index is -0.887. The average Bonchev–Trinajstić information content (AvgIpc) is 3.08. The number of nitrogens with zero attached hydrogens (tertiary/aromatic N) is 1. The molecule has 1 N–H and O–H groups in total. The predicted octanol–water partition coefficient (Wildman–Crippen LogP) is 4.42. The summed E-state index contributed by atoms with van der Waals surface area (Å²) in [6.45, 7) is 2.90. The van der Waals surface area contributed by atoms with Gasteiger partial charge in [0.2, 0.25) is 0 Å². The normalized spacial score (nSPS) is 12.9. The van der Waals surface area contributed by atoms with Crippen molar-refractivity contribution >= 4 is 28.3 Å². The van der Waals surface area contributed by atoms with Crippen LogP contribution in [0.5, 0.6) is 11.5 Å². The molecule has 0 radical (unpaired) electrons. The van der Waals surface area contributed by atoms with E-state index in [4.69, 9.17) is 14.6 Å². The van der Waals surface area contributed by atoms with Gasteiger partial charge < -0.3 is 19.5 Å². The molecule has 0 spiro atoms. The Morgan fingerprint density at radius 1 is 1.07 bits per heavy atom. The quantitative estimate of drug-likeness (QED) is 0.630. The maximum absolute atomic E-state index is 13.5. The highest BCUT2D eigenvalue weighted by Gasteiger charge is 2.36. The van der Waals surface area contributed by atoms with E-state index >= 15 is 0 Å². The largest absolute Gasteiger partial charge is 0.496 e. The van der Waals surface area contributed by atoms with Gasteiger partial charge in [0.05, 0.1) is 32.2 Å². The molecular weight excluding hydrogens is 382 g/mol. The minimum Gasteiger partial charge on any atom is -0.496 e. The molecule has 6 heteroatoms. The van der Waals surface area contributed by atoms with E-state index in [1.165, 1.54) is 0 Å². The van der Waals surface area contributed by atoms with Gasteiger partial charge in [-0.05, 0) is 24.1 Å². The molecular formula is C24H23NO5. The summed E-state index contributed by atoms with van der Waals surface area (Å²) in [6, 6.07) is 14.8. The molecule has 1 aliphatic heterocycles. The van der Waals surface area contributed by atoms with Crippen molar-refractivity contribution in [1.29, 1.82) is 0 Å². The Morgan fingerprint density at radius 2 is 1.73 bits per heavy atom. The van der Waals surface area contributed by atoms with Crippen LogP contribution in [0.15, 0.2) is 48.5 Å². The molecule has 0 bridgehead atoms. The van der Waals surface area contributed by atoms with Crippen LogP contribution >= 0.6 is 0 Å². The minimum absolute atomic E-state index is 0.0529. The van der Waals surface area contributed by atoms with Gasteiger partial charge in [-0.1, -0.05) is 43.3 Å². The number of rotatable bonds is 7. The lowest BCUT2D eigenvalue weighted by Crippen LogP contribution is -2.23. The first-order valence-corrected chi connectivity index (χ1v) is 9.92. The Hall–Kier alpha value is -3.54. The fourth-order valence-electron chi connectivity index (χ4n) is 3.93. The molecule has 3 aromatic rings. The van der Waals surface area contributed by atoms with E-state index in [2.05, 4.69) is 0 Å². The number of ether oxygens (including phenoxy) is 2. The highest BCUT2D eigenvalue weighted by molar-refractivity contribution is 6.16. The van der Waals surface area contributed by atoms with Crippen LogP contribution in [0.2, 0.25) is 0 Å². The molecule has 0 fully saturated rings. The summed E-state index contributed by atoms with van der Waals surface area (Å²) in [5.74, 6) is 0.244. The SMILES string of the molecule is CCCOc1c2c(c(OC)c3ccccc13)CN(c1ccc(CC(=O)O)cc1)C2=O. The molecule has 6 nitrogen and oxygen atoms in total. The second kappa shape index (κ2) is 8.06. The molecule has 0 unspecified atom stereocenters. The molecule has 0 saturated heterocycles. The first-order valence-electron chi connectivity index (χ1n) is 9.92. The topological polar surface area (TPSA) is 76.1 Å². The van der Waals surface area contributed by atoms with E-state index in [0.717, 1.165) is 22.8 Å². The molecule has 1 heterocycles. The Morgan fingerprint density at radius 3 is 2.33 bits per heavy atom. The first kappa shape index (κ1) is 19.8. The van der Waals surface area contributed by atoms with Gasteiger partial charge in [0.25, 0.3) is 5.91 Å². The van der Waals surface area contributed by atoms with Gasteiger partial charge in [0, 0.05) is 22.0 Å². The number of aliphatic carboxylic acids is 1. The Kier molecular flexibility index (Phi) is 5.31. The lowest BCUT2D eigenvalue weighted by atomic mass is 9.99. The van der Waals surface area contributed by atoms with Crippen LogP contribution < -0.4 is 14.4 Å². The van der Waals surface area contributed by atoms with Gasteiger partial charge in [-0.3, -0.25) is 9.59 Å². The van der Waals surface area contributed by atoms with Crippen LogP contribution in [0.1, 0.15) is 34.8 Å². The molecule has 30 heavy (non-hydrogen) atoms. The summed E-state index contributed by atoms with van der Waals surface area (Å²) in [5.41, 5.74) is 2.74. The fourth-order valence-corrected chi connectivity index (χ4v) is 3.93. The van der Waals surface area contributed by atoms with Crippen molar-refractivity contribution in [2.24, 2.45) is 0 Å². The number of benzene rings is 3. The highest BCUT2D eigenvalue weighted by Crippen LogP contribution is 2.45. The van der Waals surface area contributed by atoms with Gasteiger partial charge in [0.1, 0.15) is 11.5 Å². The number of amides is 1. The third-order valence-corrected chi connectivity index (χ3v) is 5.25. The Bertz CT molecular complexity index is 1120. The van der Waals surface area contributed by atoms with Crippen LogP contribution in [0.4, 0.5) is 5.69 Å². The number of carbonyl (C=O) groups excluding carboxylic acids is 1. The van der Waals surface area contributed by atoms with E-state index in [-0.39, 0.29) is 12.3 Å². The second-order valence-electron chi connectivity index (χ2n) is 7.24. The molecule has 3 aromatic carbocycles. The van der Waals surface area contributed by atoms with Crippen LogP contribution in [0, 0.1) is 0 Å². The van der Waals surface area contributed by atoms with E-state index < -0.39 is 5.97 Å². The summed E-state index contributed by atoms with van der Waals surface area (Å²) in [5, 5.41) is 10.7. The van der Waals surface area contributed by atoms with E-state index in [1.807, 2.05) is 31.2 Å². The monoisotopic (exact) mass is 405 g/mol. The van der Waals surface area contributed by atoms with E-state index in [1.54, 1.807) is 36.3 Å². The predicted molar refractivity (Wildman–Crippen MR) is 115 cm³/mol. The van der Waals surface area contributed by atoms with Gasteiger partial charge in [-0.2, -0.15) is 0 Å². The molecule has 0 aromatic heterocycles. The standard InChI is InChI=1S/C24H23NO5/c1-3-12-30-23-18-7-5-4-6-17(18)22(29-2)19-14-25(24(28)21(19)23)16-10-8-15(9-11-16)13-20(26)27/h4-11H,3,12-14H2,1-2H3,(H,26,27). The van der Waals surface area contributed by atoms with Gasteiger partial charge in [-0.25, -0.2) is 0 Å². The van der Waals surface area contributed by atoms with Gasteiger partial charge in [-0.15, -0.1) is 0 Å². The van der Waals surface area contributed by atoms with Crippen LogP contribution in [-0.4, -0.2) is 30.7 Å². The van der Waals surface area contributed by atoms with Crippen molar-refractivity contribution in [2.45, 2.75) is 26.3 Å². The van der Waals surface area contributed by atoms with Gasteiger partial charge >= 0.3 is 5.97 Å². The second-order valence-corrected chi connectivity index (χ2v) is 7.24. The third kappa shape index (κ3) is 3.34. The molecule has 154 valence electrons. The maximum Gasteiger partial charge on any atom is 0.307 e. The number of hydrogen-bond donors (Lipinski definition) is 1. The Balaban J connectivity index is 1.81. The number of hydrogen-bond acceptors (Lipinski definition) is 4. The average molecular weight is 405 g/mol. The summed E-state index contributed by atoms with van der Waals surface area (Å²) in [7, 11) is 1.61. The maximum atomic E-state index is 13.5. The van der Waals surface area contributed by atoms with E-state index in [9.17, 15) is 9.59 Å². The summed E-state index contributed by atoms with van der Waals surface area (Å²) >= 11 is 0. The lowest BCUT2D eigenvalue weighted by molar-refractivity contribution is -0.136. The number of anilines is 1. The third-order valence-electron chi connectivity index (χ3n) is 5.25. The zero-order chi connectivity index (χ0) is 21.3. The summed E-state index contributed by atoms with van der Waals surface area (Å²) in [4.78, 5) is 26.1. The van der Waals surface area contributed by atoms with Crippen molar-refractivity contribution in [2.75, 3.05) is 18.6 Å². The fraction of sp³-hybridized carbons (Fsp3) is 0.250. The van der Waals surface area contributed by atoms with Crippen molar-refractivity contribution in [3.63, 3.8) is 0 Å². The number of carboxylic acids is 1. The van der Waals surface area contributed by atoms with Crippen LogP contribution in [0.3, 0.4) is 0 Å². The first-order chi connectivity index (χ1) is 14.5. The number of fused-ring (bicyclic) bond motifs is 2. The van der Waals surface area contributed by atoms with Crippen molar-refractivity contribution in [1.82, 2.24) is 0 Å². The summed E-state index contributed by atoms with van der Waals surface area (Å²) in [6.07, 6.45) is 0.779. The number of methoxy groups -OCH3 is 1. The lowest BCUT2D eigenvalue weighted by Gasteiger charge is -2.16. The molecule has 0 atom stereocenters. The zero-order valence-corrected chi connectivity index (χ0v) is 17.0. The molecule has 4 rings (SSSR count). The Labute approximate surface area is 174 Å². The number of carboxylic acid groups (broad SMARTS) is 1. The zero-order valence-electron chi connectivity index (χ0n) is 17.0. The number of carbonyl (C=O) groups is 2. The van der Waals surface area contributed by atoms with Crippen molar-refractivity contribution in [3.05, 3.63) is 65.2 Å². The molecule has 0 saturated carbocycles. The van der Waals surface area contributed by atoms with Crippen molar-refractivity contribution in [3.8, 4) is 11.5 Å². The molecule has 1 amide bonds.